The van der Waals surface area contributed by atoms with Gasteiger partial charge in [-0.1, -0.05) is 87.5 Å². The van der Waals surface area contributed by atoms with Gasteiger partial charge in [0.15, 0.2) is 9.74 Å². The van der Waals surface area contributed by atoms with Crippen molar-refractivity contribution < 1.29 is 24.6 Å². The number of likely N-dealkylation sites (N-methyl/N-ethyl adjacent to an activating group) is 4. The van der Waals surface area contributed by atoms with Gasteiger partial charge in [-0.15, -0.1) is 0 Å². The van der Waals surface area contributed by atoms with Crippen LogP contribution in [0.15, 0.2) is 60.8 Å². The minimum atomic E-state index is -1.25. The maximum atomic E-state index is 13.4. The molecule has 4 bridgehead atoms. The Labute approximate surface area is 273 Å². The van der Waals surface area contributed by atoms with Crippen LogP contribution in [0, 0.1) is 0 Å². The van der Waals surface area contributed by atoms with Crippen molar-refractivity contribution in [1.82, 2.24) is 19.6 Å². The molecule has 44 heavy (non-hydrogen) atoms. The van der Waals surface area contributed by atoms with Gasteiger partial charge in [0.1, 0.15) is 4.87 Å². The van der Waals surface area contributed by atoms with Crippen molar-refractivity contribution in [3.63, 3.8) is 0 Å². The highest BCUT2D eigenvalue weighted by molar-refractivity contribution is 8.78. The fourth-order valence-corrected chi connectivity index (χ4v) is 13.8. The Morgan fingerprint density at radius 2 is 0.864 bits per heavy atom. The first-order valence-electron chi connectivity index (χ1n) is 14.3. The van der Waals surface area contributed by atoms with Crippen LogP contribution in [0.4, 0.5) is 0 Å². The number of aliphatic hydroxyl groups excluding tert-OH is 2. The second-order valence-corrected chi connectivity index (χ2v) is 17.2. The van der Waals surface area contributed by atoms with Crippen LogP contribution in [-0.2, 0) is 40.1 Å². The number of piperazine rings is 2. The smallest absolute Gasteiger partial charge is 0.263 e. The molecule has 6 saturated heterocycles. The number of benzene rings is 2. The zero-order valence-electron chi connectivity index (χ0n) is 25.1. The van der Waals surface area contributed by atoms with Gasteiger partial charge >= 0.3 is 0 Å². The van der Waals surface area contributed by atoms with Gasteiger partial charge in [-0.05, 0) is 45.9 Å². The van der Waals surface area contributed by atoms with Crippen molar-refractivity contribution in [2.24, 2.45) is 0 Å². The minimum absolute atomic E-state index is 0.0979. The number of fused-ring (bicyclic) bond motifs is 6. The first-order valence-corrected chi connectivity index (χ1v) is 18.6. The van der Waals surface area contributed by atoms with Gasteiger partial charge < -0.3 is 29.8 Å². The highest BCUT2D eigenvalue weighted by Crippen LogP contribution is 2.62. The lowest BCUT2D eigenvalue weighted by atomic mass is 9.94. The van der Waals surface area contributed by atoms with Gasteiger partial charge in [0.2, 0.25) is 4.87 Å². The molecule has 0 aromatic heterocycles. The fraction of sp³-hybridized carbons (Fsp3) is 0.452. The van der Waals surface area contributed by atoms with E-state index in [0.717, 1.165) is 29.7 Å². The van der Waals surface area contributed by atoms with E-state index in [1.54, 1.807) is 36.8 Å². The number of carbonyl (C=O) groups is 3. The van der Waals surface area contributed by atoms with E-state index in [0.29, 0.717) is 12.8 Å². The van der Waals surface area contributed by atoms with Crippen LogP contribution in [0.5, 0.6) is 0 Å². The van der Waals surface area contributed by atoms with Crippen molar-refractivity contribution in [3.05, 3.63) is 83.1 Å². The molecule has 8 rings (SSSR count). The first-order chi connectivity index (χ1) is 20.9. The SMILES string of the molecule is C=C1N(C)[C@@]2(CO)SS[C@]1(Cc1ccc(CCc3ccc(C[C@@]45SS[C@@](CO)(C(=O)N4C)N(C)C5=O)cc3)cc1)N(C)C2=O. The summed E-state index contributed by atoms with van der Waals surface area (Å²) in [4.78, 5) is 42.3. The lowest BCUT2D eigenvalue weighted by molar-refractivity contribution is -0.165. The van der Waals surface area contributed by atoms with Crippen LogP contribution < -0.4 is 0 Å². The van der Waals surface area contributed by atoms with E-state index >= 15 is 0 Å². The number of rotatable bonds is 9. The van der Waals surface area contributed by atoms with Crippen LogP contribution in [0.1, 0.15) is 22.3 Å². The van der Waals surface area contributed by atoms with E-state index in [9.17, 15) is 24.6 Å². The summed E-state index contributed by atoms with van der Waals surface area (Å²) >= 11 is 0. The molecule has 2 aromatic rings. The molecule has 2 N–H and O–H groups in total. The number of nitrogens with zero attached hydrogens (tertiary/aromatic N) is 4. The molecule has 0 unspecified atom stereocenters. The number of hydrogen-bond acceptors (Lipinski definition) is 10. The summed E-state index contributed by atoms with van der Waals surface area (Å²) in [5.41, 5.74) is 5.29. The third-order valence-corrected chi connectivity index (χ3v) is 17.1. The predicted octanol–water partition coefficient (Wildman–Crippen LogP) is 2.96. The molecular weight excluding hydrogens is 637 g/mol. The molecule has 6 aliphatic rings. The number of hydrogen-bond donors (Lipinski definition) is 2. The average Bonchev–Trinajstić information content (AvgIpc) is 3.04. The number of aliphatic hydroxyl groups is 2. The van der Waals surface area contributed by atoms with Crippen molar-refractivity contribution in [1.29, 1.82) is 0 Å². The monoisotopic (exact) mass is 672 g/mol. The van der Waals surface area contributed by atoms with Crippen molar-refractivity contribution in [2.45, 2.75) is 45.2 Å². The van der Waals surface area contributed by atoms with Crippen LogP contribution in [0.25, 0.3) is 0 Å². The number of amides is 3. The number of carbonyl (C=O) groups excluding carboxylic acids is 3. The Bertz CT molecular complexity index is 1410. The third-order valence-electron chi connectivity index (χ3n) is 9.64. The van der Waals surface area contributed by atoms with Crippen LogP contribution in [-0.4, -0.2) is 108 Å². The van der Waals surface area contributed by atoms with Crippen molar-refractivity contribution >= 4 is 60.9 Å². The van der Waals surface area contributed by atoms with E-state index < -0.39 is 26.1 Å². The predicted molar refractivity (Wildman–Crippen MR) is 178 cm³/mol. The molecule has 13 heteroatoms. The highest BCUT2D eigenvalue weighted by Gasteiger charge is 2.67. The molecule has 6 aliphatic heterocycles. The van der Waals surface area contributed by atoms with Gasteiger partial charge in [-0.3, -0.25) is 14.4 Å². The molecule has 0 saturated carbocycles. The Morgan fingerprint density at radius 3 is 1.34 bits per heavy atom. The summed E-state index contributed by atoms with van der Waals surface area (Å²) in [6.07, 6.45) is 2.73. The maximum absolute atomic E-state index is 13.4. The Kier molecular flexibility index (Phi) is 8.06. The molecule has 6 heterocycles. The van der Waals surface area contributed by atoms with Crippen molar-refractivity contribution in [3.8, 4) is 0 Å². The molecule has 0 spiro atoms. The van der Waals surface area contributed by atoms with E-state index in [-0.39, 0.29) is 24.3 Å². The minimum Gasteiger partial charge on any atom is -0.392 e. The quantitative estimate of drug-likeness (QED) is 0.387. The van der Waals surface area contributed by atoms with Gasteiger partial charge in [0.05, 0.1) is 13.2 Å². The molecule has 4 atom stereocenters. The summed E-state index contributed by atoms with van der Waals surface area (Å²) in [7, 11) is 12.5. The second-order valence-electron chi connectivity index (χ2n) is 11.9. The van der Waals surface area contributed by atoms with Gasteiger partial charge in [-0.2, -0.15) is 0 Å². The summed E-state index contributed by atoms with van der Waals surface area (Å²) in [5, 5.41) is 20.0. The second kappa shape index (κ2) is 11.2. The van der Waals surface area contributed by atoms with Gasteiger partial charge in [0, 0.05) is 46.7 Å². The molecule has 2 aromatic carbocycles. The zero-order valence-corrected chi connectivity index (χ0v) is 28.4. The van der Waals surface area contributed by atoms with Crippen LogP contribution >= 0.6 is 43.2 Å². The first kappa shape index (κ1) is 31.7. The van der Waals surface area contributed by atoms with Gasteiger partial charge in [0.25, 0.3) is 17.7 Å². The molecule has 0 radical (unpaired) electrons. The Hall–Kier alpha value is -2.29. The Morgan fingerprint density at radius 1 is 0.545 bits per heavy atom. The van der Waals surface area contributed by atoms with E-state index in [1.807, 2.05) is 24.1 Å². The summed E-state index contributed by atoms with van der Waals surface area (Å²) in [5.74, 6) is -0.509. The lowest BCUT2D eigenvalue weighted by Crippen LogP contribution is -2.77. The molecule has 234 valence electrons. The summed E-state index contributed by atoms with van der Waals surface area (Å²) in [6, 6.07) is 16.7. The van der Waals surface area contributed by atoms with Crippen LogP contribution in [0.2, 0.25) is 0 Å². The zero-order chi connectivity index (χ0) is 31.7. The maximum Gasteiger partial charge on any atom is 0.263 e. The van der Waals surface area contributed by atoms with E-state index in [4.69, 9.17) is 0 Å². The molecule has 3 amide bonds. The summed E-state index contributed by atoms with van der Waals surface area (Å²) < 4.78 is 0. The van der Waals surface area contributed by atoms with Crippen LogP contribution in [0.3, 0.4) is 0 Å². The fourth-order valence-electron chi connectivity index (χ4n) is 6.40. The molecular formula is C31H36N4O5S4. The number of aryl methyl sites for hydroxylation is 2. The van der Waals surface area contributed by atoms with E-state index in [2.05, 4.69) is 43.0 Å². The van der Waals surface area contributed by atoms with E-state index in [1.165, 1.54) is 53.3 Å². The standard InChI is InChI=1S/C31H36N4O5S4/c1-20-28(33(3)26(39)30(18-36,32(20)2)43-41-28)16-23-12-8-21(9-13-23)6-7-22-10-14-24(15-11-22)17-29-25(38)35(5)31(19-37,44-42-29)27(40)34(29)4/h8-15,36-37H,1,6-7,16-19H2,2-5H3/t28-,29-,30-,31-/m0/s1. The topological polar surface area (TPSA) is 105 Å². The third kappa shape index (κ3) is 4.37. The molecule has 9 nitrogen and oxygen atoms in total. The Balaban J connectivity index is 1.09. The van der Waals surface area contributed by atoms with Crippen molar-refractivity contribution in [2.75, 3.05) is 41.4 Å². The largest absolute Gasteiger partial charge is 0.392 e. The average molecular weight is 673 g/mol. The van der Waals surface area contributed by atoms with Gasteiger partial charge in [-0.25, -0.2) is 0 Å². The highest BCUT2D eigenvalue weighted by atomic mass is 33.1. The lowest BCUT2D eigenvalue weighted by Gasteiger charge is -2.61. The summed E-state index contributed by atoms with van der Waals surface area (Å²) in [6.45, 7) is 3.63. The molecule has 0 aliphatic carbocycles. The normalized spacial score (nSPS) is 31.5. The molecule has 6 fully saturated rings.